The number of imidazole rings is 1. The number of hydrogen-bond acceptors (Lipinski definition) is 4. The molecule has 2 heterocycles. The van der Waals surface area contributed by atoms with Crippen LogP contribution in [0.3, 0.4) is 0 Å². The van der Waals surface area contributed by atoms with Crippen LogP contribution in [0, 0.1) is 3.83 Å². The second-order valence-corrected chi connectivity index (χ2v) is 6.04. The van der Waals surface area contributed by atoms with Crippen molar-refractivity contribution in [2.75, 3.05) is 5.32 Å². The van der Waals surface area contributed by atoms with E-state index in [0.717, 1.165) is 5.65 Å². The van der Waals surface area contributed by atoms with Crippen molar-refractivity contribution in [3.05, 3.63) is 46.1 Å². The fourth-order valence-corrected chi connectivity index (χ4v) is 2.59. The molecule has 0 atom stereocenters. The van der Waals surface area contributed by atoms with Crippen LogP contribution >= 0.6 is 22.6 Å². The van der Waals surface area contributed by atoms with Gasteiger partial charge in [-0.2, -0.15) is 0 Å². The summed E-state index contributed by atoms with van der Waals surface area (Å²) in [4.78, 5) is 25.4. The van der Waals surface area contributed by atoms with Crippen LogP contribution < -0.4 is 5.32 Å². The van der Waals surface area contributed by atoms with Gasteiger partial charge < -0.3 is 9.88 Å². The number of benzene rings is 1. The Kier molecular flexibility index (Phi) is 4.06. The monoisotopic (exact) mass is 407 g/mol. The number of aromatic nitrogens is 4. The third-order valence-electron chi connectivity index (χ3n) is 3.22. The summed E-state index contributed by atoms with van der Waals surface area (Å²) in [6.45, 7) is 4.11. The minimum absolute atomic E-state index is 0.213. The van der Waals surface area contributed by atoms with Crippen LogP contribution in [0.25, 0.3) is 11.2 Å². The summed E-state index contributed by atoms with van der Waals surface area (Å²) in [6, 6.07) is 9.25. The molecule has 1 N–H and O–H groups in total. The molecular formula is C15H14IN5O. The molecule has 0 bridgehead atoms. The fraction of sp³-hybridized carbons (Fsp3) is 0.200. The number of anilines is 1. The maximum atomic E-state index is 12.3. The molecule has 0 spiro atoms. The molecule has 0 unspecified atom stereocenters. The summed E-state index contributed by atoms with van der Waals surface area (Å²) in [5, 5.41) is 2.82. The van der Waals surface area contributed by atoms with Crippen LogP contribution in [-0.4, -0.2) is 25.4 Å². The maximum absolute atomic E-state index is 12.3. The largest absolute Gasteiger partial charge is 0.313 e. The molecule has 0 saturated carbocycles. The van der Waals surface area contributed by atoms with E-state index in [9.17, 15) is 4.79 Å². The first-order valence-electron chi connectivity index (χ1n) is 6.82. The quantitative estimate of drug-likeness (QED) is 0.535. The van der Waals surface area contributed by atoms with Gasteiger partial charge in [0.25, 0.3) is 5.91 Å². The molecule has 1 amide bonds. The van der Waals surface area contributed by atoms with Gasteiger partial charge in [-0.05, 0) is 26.0 Å². The molecule has 0 aliphatic heterocycles. The van der Waals surface area contributed by atoms with Gasteiger partial charge in [0.15, 0.2) is 20.8 Å². The van der Waals surface area contributed by atoms with Gasteiger partial charge >= 0.3 is 0 Å². The Morgan fingerprint density at radius 1 is 1.23 bits per heavy atom. The lowest BCUT2D eigenvalue weighted by Crippen LogP contribution is -2.14. The second-order valence-electron chi connectivity index (χ2n) is 5.08. The van der Waals surface area contributed by atoms with Gasteiger partial charge in [0.2, 0.25) is 0 Å². The normalized spacial score (nSPS) is 11.1. The van der Waals surface area contributed by atoms with Crippen LogP contribution in [0.1, 0.15) is 30.2 Å². The SMILES string of the molecule is CC(C)n1cnc2c(NC(=O)c3ccccc3)nc(I)nc21. The van der Waals surface area contributed by atoms with Crippen LogP contribution in [0.5, 0.6) is 0 Å². The molecule has 6 nitrogen and oxygen atoms in total. The lowest BCUT2D eigenvalue weighted by atomic mass is 10.2. The molecule has 2 aromatic heterocycles. The first kappa shape index (κ1) is 14.9. The summed E-state index contributed by atoms with van der Waals surface area (Å²) < 4.78 is 2.52. The van der Waals surface area contributed by atoms with Crippen molar-refractivity contribution in [3.8, 4) is 0 Å². The maximum Gasteiger partial charge on any atom is 0.256 e. The molecule has 7 heteroatoms. The molecule has 112 valence electrons. The Bertz CT molecular complexity index is 829. The Labute approximate surface area is 141 Å². The van der Waals surface area contributed by atoms with Crippen molar-refractivity contribution >= 4 is 45.5 Å². The summed E-state index contributed by atoms with van der Waals surface area (Å²) in [5.41, 5.74) is 1.89. The second kappa shape index (κ2) is 5.99. The number of hydrogen-bond donors (Lipinski definition) is 1. The molecule has 0 fully saturated rings. The summed E-state index contributed by atoms with van der Waals surface area (Å²) in [6.07, 6.45) is 1.72. The van der Waals surface area contributed by atoms with E-state index in [-0.39, 0.29) is 11.9 Å². The highest BCUT2D eigenvalue weighted by Gasteiger charge is 2.16. The molecule has 0 aliphatic carbocycles. The Morgan fingerprint density at radius 2 is 1.95 bits per heavy atom. The predicted octanol–water partition coefficient (Wildman–Crippen LogP) is 3.26. The van der Waals surface area contributed by atoms with Gasteiger partial charge in [0.05, 0.1) is 6.33 Å². The first-order chi connectivity index (χ1) is 10.6. The third-order valence-corrected chi connectivity index (χ3v) is 3.70. The van der Waals surface area contributed by atoms with Crippen LogP contribution in [-0.2, 0) is 0 Å². The van der Waals surface area contributed by atoms with Crippen molar-refractivity contribution in [1.29, 1.82) is 0 Å². The lowest BCUT2D eigenvalue weighted by molar-refractivity contribution is 0.102. The van der Waals surface area contributed by atoms with Gasteiger partial charge in [-0.3, -0.25) is 4.79 Å². The highest BCUT2D eigenvalue weighted by Crippen LogP contribution is 2.22. The molecule has 1 aromatic carbocycles. The number of nitrogens with zero attached hydrogens (tertiary/aromatic N) is 4. The molecular weight excluding hydrogens is 393 g/mol. The van der Waals surface area contributed by atoms with Gasteiger partial charge in [-0.1, -0.05) is 18.2 Å². The van der Waals surface area contributed by atoms with Crippen LogP contribution in [0.15, 0.2) is 36.7 Å². The number of carbonyl (C=O) groups excluding carboxylic acids is 1. The predicted molar refractivity (Wildman–Crippen MR) is 92.8 cm³/mol. The van der Waals surface area contributed by atoms with Crippen molar-refractivity contribution < 1.29 is 4.79 Å². The highest BCUT2D eigenvalue weighted by molar-refractivity contribution is 14.1. The van der Waals surface area contributed by atoms with E-state index in [1.54, 1.807) is 18.5 Å². The summed E-state index contributed by atoms with van der Waals surface area (Å²) >= 11 is 2.04. The summed E-state index contributed by atoms with van der Waals surface area (Å²) in [5.74, 6) is 0.221. The molecule has 0 aliphatic rings. The van der Waals surface area contributed by atoms with Crippen molar-refractivity contribution in [2.45, 2.75) is 19.9 Å². The Hall–Kier alpha value is -2.03. The average Bonchev–Trinajstić information content (AvgIpc) is 2.92. The van der Waals surface area contributed by atoms with E-state index in [1.165, 1.54) is 0 Å². The summed E-state index contributed by atoms with van der Waals surface area (Å²) in [7, 11) is 0. The fourth-order valence-electron chi connectivity index (χ4n) is 2.12. The zero-order valence-corrected chi connectivity index (χ0v) is 14.3. The van der Waals surface area contributed by atoms with E-state index in [2.05, 4.69) is 34.1 Å². The van der Waals surface area contributed by atoms with Crippen molar-refractivity contribution in [1.82, 2.24) is 19.5 Å². The first-order valence-corrected chi connectivity index (χ1v) is 7.90. The van der Waals surface area contributed by atoms with Gasteiger partial charge in [-0.15, -0.1) is 0 Å². The molecule has 22 heavy (non-hydrogen) atoms. The molecule has 3 aromatic rings. The Morgan fingerprint density at radius 3 is 2.64 bits per heavy atom. The zero-order chi connectivity index (χ0) is 15.7. The Balaban J connectivity index is 2.02. The average molecular weight is 407 g/mol. The van der Waals surface area contributed by atoms with Crippen LogP contribution in [0.2, 0.25) is 0 Å². The smallest absolute Gasteiger partial charge is 0.256 e. The molecule has 0 radical (unpaired) electrons. The van der Waals surface area contributed by atoms with Crippen molar-refractivity contribution in [3.63, 3.8) is 0 Å². The van der Waals surface area contributed by atoms with E-state index >= 15 is 0 Å². The highest BCUT2D eigenvalue weighted by atomic mass is 127. The number of nitrogens with one attached hydrogen (secondary N) is 1. The van der Waals surface area contributed by atoms with Crippen LogP contribution in [0.4, 0.5) is 5.82 Å². The number of halogens is 1. The molecule has 0 saturated heterocycles. The number of amides is 1. The minimum Gasteiger partial charge on any atom is -0.313 e. The topological polar surface area (TPSA) is 72.7 Å². The number of carbonyl (C=O) groups is 1. The van der Waals surface area contributed by atoms with E-state index < -0.39 is 0 Å². The van der Waals surface area contributed by atoms with Gasteiger partial charge in [-0.25, -0.2) is 15.0 Å². The van der Waals surface area contributed by atoms with Gasteiger partial charge in [0.1, 0.15) is 0 Å². The lowest BCUT2D eigenvalue weighted by Gasteiger charge is -2.09. The standard InChI is InChI=1S/C15H14IN5O/c1-9(2)21-8-17-11-12(19-15(16)20-13(11)21)18-14(22)10-6-4-3-5-7-10/h3-9H,1-2H3,(H,18,19,20,22). The van der Waals surface area contributed by atoms with Gasteiger partial charge in [0, 0.05) is 34.2 Å². The van der Waals surface area contributed by atoms with E-state index in [1.807, 2.05) is 45.4 Å². The third kappa shape index (κ3) is 2.80. The minimum atomic E-state index is -0.213. The van der Waals surface area contributed by atoms with Crippen molar-refractivity contribution in [2.24, 2.45) is 0 Å². The zero-order valence-electron chi connectivity index (χ0n) is 12.1. The van der Waals surface area contributed by atoms with E-state index in [0.29, 0.717) is 20.7 Å². The number of rotatable bonds is 3. The van der Waals surface area contributed by atoms with E-state index in [4.69, 9.17) is 0 Å². The number of fused-ring (bicyclic) bond motifs is 1. The molecule has 3 rings (SSSR count).